The predicted molar refractivity (Wildman–Crippen MR) is 74.7 cm³/mol. The molecular formula is C12H16BrN3O. The molecular weight excluding hydrogens is 282 g/mol. The van der Waals surface area contributed by atoms with Gasteiger partial charge in [-0.15, -0.1) is 0 Å². The Morgan fingerprint density at radius 3 is 2.59 bits per heavy atom. The van der Waals surface area contributed by atoms with E-state index >= 15 is 0 Å². The second-order valence-electron chi connectivity index (χ2n) is 2.62. The highest BCUT2D eigenvalue weighted by Gasteiger charge is 2.07. The Morgan fingerprint density at radius 2 is 2.18 bits per heavy atom. The van der Waals surface area contributed by atoms with Gasteiger partial charge in [-0.1, -0.05) is 45.2 Å². The lowest BCUT2D eigenvalue weighted by Gasteiger charge is -2.00. The van der Waals surface area contributed by atoms with E-state index in [-0.39, 0.29) is 5.91 Å². The molecule has 1 aromatic rings. The van der Waals surface area contributed by atoms with Crippen LogP contribution in [-0.2, 0) is 4.79 Å². The van der Waals surface area contributed by atoms with Gasteiger partial charge in [0.1, 0.15) is 4.60 Å². The van der Waals surface area contributed by atoms with Crippen molar-refractivity contribution in [3.63, 3.8) is 0 Å². The lowest BCUT2D eigenvalue weighted by Crippen LogP contribution is -2.13. The number of halogens is 1. The summed E-state index contributed by atoms with van der Waals surface area (Å²) in [5, 5.41) is 9.09. The van der Waals surface area contributed by atoms with Crippen molar-refractivity contribution in [2.45, 2.75) is 13.8 Å². The number of hydrogen-bond acceptors (Lipinski definition) is 2. The van der Waals surface area contributed by atoms with Crippen LogP contribution in [0.2, 0.25) is 0 Å². The third-order valence-electron chi connectivity index (χ3n) is 1.57. The van der Waals surface area contributed by atoms with Gasteiger partial charge >= 0.3 is 0 Å². The van der Waals surface area contributed by atoms with Crippen molar-refractivity contribution in [3.05, 3.63) is 47.6 Å². The van der Waals surface area contributed by atoms with Crippen molar-refractivity contribution in [2.24, 2.45) is 0 Å². The van der Waals surface area contributed by atoms with Crippen molar-refractivity contribution in [1.29, 1.82) is 0 Å². The number of rotatable bonds is 4. The van der Waals surface area contributed by atoms with Crippen LogP contribution in [0.3, 0.4) is 0 Å². The summed E-state index contributed by atoms with van der Waals surface area (Å²) >= 11 is 3.19. The summed E-state index contributed by atoms with van der Waals surface area (Å²) in [5.41, 5.74) is 0.434. The van der Waals surface area contributed by atoms with Crippen molar-refractivity contribution in [3.8, 4) is 0 Å². The molecule has 0 aliphatic heterocycles. The van der Waals surface area contributed by atoms with Crippen LogP contribution in [0.5, 0.6) is 0 Å². The molecule has 5 heteroatoms. The largest absolute Gasteiger partial charge is 0.305 e. The molecule has 0 aliphatic carbocycles. The topological polar surface area (TPSA) is 57.8 Å². The highest BCUT2D eigenvalue weighted by Crippen LogP contribution is 2.11. The van der Waals surface area contributed by atoms with Gasteiger partial charge in [-0.25, -0.2) is 0 Å². The summed E-state index contributed by atoms with van der Waals surface area (Å²) < 4.78 is 0.700. The Labute approximate surface area is 110 Å². The highest BCUT2D eigenvalue weighted by molar-refractivity contribution is 9.10. The summed E-state index contributed by atoms with van der Waals surface area (Å²) in [6, 6.07) is 1.66. The van der Waals surface area contributed by atoms with E-state index < -0.39 is 0 Å². The maximum atomic E-state index is 11.6. The van der Waals surface area contributed by atoms with Crippen LogP contribution in [0.4, 0.5) is 5.82 Å². The molecule has 1 rings (SSSR count). The number of allylic oxidation sites excluding steroid dienone is 2. The molecule has 2 N–H and O–H groups in total. The Balaban J connectivity index is 0.00000121. The molecule has 0 radical (unpaired) electrons. The van der Waals surface area contributed by atoms with Crippen LogP contribution >= 0.6 is 15.9 Å². The number of nitrogens with zero attached hydrogens (tertiary/aromatic N) is 1. The minimum absolute atomic E-state index is 0.274. The molecule has 0 atom stereocenters. The number of aromatic nitrogens is 2. The summed E-state index contributed by atoms with van der Waals surface area (Å²) in [4.78, 5) is 11.6. The van der Waals surface area contributed by atoms with Crippen LogP contribution in [0.1, 0.15) is 13.8 Å². The molecule has 92 valence electrons. The van der Waals surface area contributed by atoms with Gasteiger partial charge in [-0.2, -0.15) is 5.10 Å². The normalized spacial score (nSPS) is 9.94. The Kier molecular flexibility index (Phi) is 7.71. The molecule has 0 bridgehead atoms. The van der Waals surface area contributed by atoms with Gasteiger partial charge in [-0.05, 0) is 15.9 Å². The van der Waals surface area contributed by atoms with E-state index in [1.54, 1.807) is 12.1 Å². The Bertz CT molecular complexity index is 421. The summed E-state index contributed by atoms with van der Waals surface area (Å²) in [6.45, 7) is 11.0. The standard InChI is InChI=1S/C10H10BrN3O.C2H6/c1-3-5-7(4-2)10(15)12-9-6-8(11)13-14-9;1-2/h3-6H,1-2H2,(H2,12,13,14,15);1-2H3/b7-5+;. The molecule has 0 saturated carbocycles. The van der Waals surface area contributed by atoms with Crippen LogP contribution in [0.25, 0.3) is 0 Å². The number of carbonyl (C=O) groups is 1. The number of aromatic amines is 1. The first-order chi connectivity index (χ1) is 8.17. The first-order valence-electron chi connectivity index (χ1n) is 5.14. The van der Waals surface area contributed by atoms with E-state index in [0.29, 0.717) is 16.0 Å². The molecule has 0 unspecified atom stereocenters. The van der Waals surface area contributed by atoms with Crippen molar-refractivity contribution in [1.82, 2.24) is 10.2 Å². The van der Waals surface area contributed by atoms with Gasteiger partial charge < -0.3 is 5.32 Å². The maximum absolute atomic E-state index is 11.6. The number of amides is 1. The lowest BCUT2D eigenvalue weighted by molar-refractivity contribution is -0.112. The summed E-state index contributed by atoms with van der Waals surface area (Å²) in [6.07, 6.45) is 4.56. The van der Waals surface area contributed by atoms with Crippen molar-refractivity contribution < 1.29 is 4.79 Å². The third-order valence-corrected chi connectivity index (χ3v) is 1.97. The van der Waals surface area contributed by atoms with Crippen LogP contribution in [0, 0.1) is 0 Å². The monoisotopic (exact) mass is 297 g/mol. The van der Waals surface area contributed by atoms with Crippen molar-refractivity contribution in [2.75, 3.05) is 5.32 Å². The van der Waals surface area contributed by atoms with Gasteiger partial charge in [-0.3, -0.25) is 9.89 Å². The van der Waals surface area contributed by atoms with Gasteiger partial charge in [0.05, 0.1) is 0 Å². The second kappa shape index (κ2) is 8.52. The summed E-state index contributed by atoms with van der Waals surface area (Å²) in [7, 11) is 0. The highest BCUT2D eigenvalue weighted by atomic mass is 79.9. The van der Waals surface area contributed by atoms with Gasteiger partial charge in [0, 0.05) is 11.6 Å². The fourth-order valence-electron chi connectivity index (χ4n) is 0.914. The van der Waals surface area contributed by atoms with Crippen LogP contribution in [0.15, 0.2) is 47.6 Å². The molecule has 4 nitrogen and oxygen atoms in total. The third kappa shape index (κ3) is 5.31. The molecule has 0 aromatic carbocycles. The first kappa shape index (κ1) is 15.4. The maximum Gasteiger partial charge on any atom is 0.256 e. The molecule has 0 saturated heterocycles. The molecule has 0 aliphatic rings. The van der Waals surface area contributed by atoms with Crippen LogP contribution < -0.4 is 5.32 Å². The molecule has 0 fully saturated rings. The number of hydrogen-bond donors (Lipinski definition) is 2. The second-order valence-corrected chi connectivity index (χ2v) is 3.47. The number of nitrogens with one attached hydrogen (secondary N) is 2. The minimum atomic E-state index is -0.274. The summed E-state index contributed by atoms with van der Waals surface area (Å²) in [5.74, 6) is 0.174. The molecule has 0 spiro atoms. The smallest absolute Gasteiger partial charge is 0.256 e. The average molecular weight is 298 g/mol. The van der Waals surface area contributed by atoms with Gasteiger partial charge in [0.15, 0.2) is 5.82 Å². The predicted octanol–water partition coefficient (Wildman–Crippen LogP) is 3.44. The Hall–Kier alpha value is -1.62. The number of carbonyl (C=O) groups excluding carboxylic acids is 1. The van der Waals surface area contributed by atoms with Crippen LogP contribution in [-0.4, -0.2) is 16.1 Å². The zero-order chi connectivity index (χ0) is 13.3. The zero-order valence-electron chi connectivity index (χ0n) is 9.96. The lowest BCUT2D eigenvalue weighted by atomic mass is 10.2. The molecule has 1 aromatic heterocycles. The number of H-pyrrole nitrogens is 1. The van der Waals surface area contributed by atoms with E-state index in [1.807, 2.05) is 13.8 Å². The fourth-order valence-corrected chi connectivity index (χ4v) is 1.22. The van der Waals surface area contributed by atoms with E-state index in [1.165, 1.54) is 12.2 Å². The van der Waals surface area contributed by atoms with E-state index in [2.05, 4.69) is 44.6 Å². The SMILES string of the molecule is C=C/C=C(\C=C)C(=O)Nc1cc(Br)[nH]n1.CC. The fraction of sp³-hybridized carbons (Fsp3) is 0.167. The van der Waals surface area contributed by atoms with Gasteiger partial charge in [0.25, 0.3) is 5.91 Å². The average Bonchev–Trinajstić information content (AvgIpc) is 2.74. The minimum Gasteiger partial charge on any atom is -0.305 e. The molecule has 1 amide bonds. The molecule has 17 heavy (non-hydrogen) atoms. The van der Waals surface area contributed by atoms with E-state index in [9.17, 15) is 4.79 Å². The number of anilines is 1. The van der Waals surface area contributed by atoms with E-state index in [0.717, 1.165) is 0 Å². The van der Waals surface area contributed by atoms with Crippen molar-refractivity contribution >= 4 is 27.7 Å². The first-order valence-corrected chi connectivity index (χ1v) is 5.94. The zero-order valence-corrected chi connectivity index (χ0v) is 11.5. The Morgan fingerprint density at radius 1 is 1.53 bits per heavy atom. The quantitative estimate of drug-likeness (QED) is 0.661. The molecule has 1 heterocycles. The van der Waals surface area contributed by atoms with E-state index in [4.69, 9.17) is 0 Å². The van der Waals surface area contributed by atoms with Gasteiger partial charge in [0.2, 0.25) is 0 Å².